The third-order valence-electron chi connectivity index (χ3n) is 2.81. The van der Waals surface area contributed by atoms with Gasteiger partial charge in [0.2, 0.25) is 0 Å². The van der Waals surface area contributed by atoms with E-state index in [-0.39, 0.29) is 6.42 Å². The normalized spacial score (nSPS) is 11.8. The summed E-state index contributed by atoms with van der Waals surface area (Å²) in [5, 5.41) is 8.73. The van der Waals surface area contributed by atoms with Gasteiger partial charge < -0.3 is 15.6 Å². The fraction of sp³-hybridized carbons (Fsp3) is 0.200. The molecule has 0 aliphatic carbocycles. The van der Waals surface area contributed by atoms with E-state index in [2.05, 4.69) is 4.98 Å². The SMILES string of the molecule is N[C@@H](CC(=O)O)c1cncc(OCc2ccccc2)c1. The smallest absolute Gasteiger partial charge is 0.305 e. The van der Waals surface area contributed by atoms with Gasteiger partial charge in [0, 0.05) is 12.2 Å². The van der Waals surface area contributed by atoms with Gasteiger partial charge >= 0.3 is 5.97 Å². The standard InChI is InChI=1S/C15H16N2O3/c16-14(7-15(18)19)12-6-13(9-17-8-12)20-10-11-4-2-1-3-5-11/h1-6,8-9,14H,7,10,16H2,(H,18,19)/t14-/m0/s1. The Bertz CT molecular complexity index is 572. The van der Waals surface area contributed by atoms with Gasteiger partial charge in [-0.25, -0.2) is 0 Å². The molecule has 2 aromatic rings. The Kier molecular flexibility index (Phi) is 4.68. The number of ether oxygens (including phenoxy) is 1. The lowest BCUT2D eigenvalue weighted by molar-refractivity contribution is -0.137. The van der Waals surface area contributed by atoms with Gasteiger partial charge in [0.25, 0.3) is 0 Å². The average molecular weight is 272 g/mol. The highest BCUT2D eigenvalue weighted by Crippen LogP contribution is 2.19. The molecule has 1 heterocycles. The largest absolute Gasteiger partial charge is 0.487 e. The molecule has 0 amide bonds. The second kappa shape index (κ2) is 6.68. The number of nitrogens with zero attached hydrogens (tertiary/aromatic N) is 1. The second-order valence-electron chi connectivity index (χ2n) is 4.43. The third kappa shape index (κ3) is 4.07. The van der Waals surface area contributed by atoms with Crippen LogP contribution >= 0.6 is 0 Å². The van der Waals surface area contributed by atoms with E-state index in [0.717, 1.165) is 5.56 Å². The van der Waals surface area contributed by atoms with Crippen LogP contribution in [0.1, 0.15) is 23.6 Å². The predicted molar refractivity (Wildman–Crippen MR) is 74.2 cm³/mol. The fourth-order valence-corrected chi connectivity index (χ4v) is 1.76. The molecule has 2 rings (SSSR count). The number of carbonyl (C=O) groups is 1. The summed E-state index contributed by atoms with van der Waals surface area (Å²) >= 11 is 0. The molecular weight excluding hydrogens is 256 g/mol. The van der Waals surface area contributed by atoms with Crippen molar-refractivity contribution < 1.29 is 14.6 Å². The lowest BCUT2D eigenvalue weighted by atomic mass is 10.1. The zero-order valence-corrected chi connectivity index (χ0v) is 10.9. The molecular formula is C15H16N2O3. The van der Waals surface area contributed by atoms with Gasteiger partial charge in [-0.1, -0.05) is 30.3 Å². The topological polar surface area (TPSA) is 85.4 Å². The summed E-state index contributed by atoms with van der Waals surface area (Å²) in [6.07, 6.45) is 3.01. The third-order valence-corrected chi connectivity index (χ3v) is 2.81. The van der Waals surface area contributed by atoms with Crippen molar-refractivity contribution in [3.63, 3.8) is 0 Å². The molecule has 1 aromatic carbocycles. The van der Waals surface area contributed by atoms with Crippen LogP contribution in [-0.4, -0.2) is 16.1 Å². The molecule has 0 bridgehead atoms. The Morgan fingerprint density at radius 3 is 2.75 bits per heavy atom. The van der Waals surface area contributed by atoms with E-state index in [0.29, 0.717) is 17.9 Å². The molecule has 104 valence electrons. The minimum atomic E-state index is -0.937. The highest BCUT2D eigenvalue weighted by molar-refractivity contribution is 5.67. The Labute approximate surface area is 117 Å². The van der Waals surface area contributed by atoms with Gasteiger partial charge in [-0.2, -0.15) is 0 Å². The van der Waals surface area contributed by atoms with Crippen LogP contribution in [0.2, 0.25) is 0 Å². The Hall–Kier alpha value is -2.40. The summed E-state index contributed by atoms with van der Waals surface area (Å²) in [5.74, 6) is -0.361. The number of nitrogens with two attached hydrogens (primary N) is 1. The maximum absolute atomic E-state index is 10.6. The number of aliphatic carboxylic acids is 1. The number of pyridine rings is 1. The monoisotopic (exact) mass is 272 g/mol. The Morgan fingerprint density at radius 1 is 1.30 bits per heavy atom. The van der Waals surface area contributed by atoms with E-state index < -0.39 is 12.0 Å². The van der Waals surface area contributed by atoms with Gasteiger partial charge in [0.15, 0.2) is 0 Å². The van der Waals surface area contributed by atoms with Crippen molar-refractivity contribution in [2.24, 2.45) is 5.73 Å². The minimum Gasteiger partial charge on any atom is -0.487 e. The molecule has 0 spiro atoms. The fourth-order valence-electron chi connectivity index (χ4n) is 1.76. The number of rotatable bonds is 6. The molecule has 0 aliphatic heterocycles. The minimum absolute atomic E-state index is 0.135. The molecule has 5 nitrogen and oxygen atoms in total. The lowest BCUT2D eigenvalue weighted by Gasteiger charge is -2.11. The molecule has 3 N–H and O–H groups in total. The average Bonchev–Trinajstić information content (AvgIpc) is 2.46. The first-order valence-electron chi connectivity index (χ1n) is 6.24. The molecule has 0 radical (unpaired) electrons. The molecule has 20 heavy (non-hydrogen) atoms. The van der Waals surface area contributed by atoms with Crippen LogP contribution in [0.5, 0.6) is 5.75 Å². The van der Waals surface area contributed by atoms with Crippen LogP contribution in [0.3, 0.4) is 0 Å². The molecule has 1 atom stereocenters. The van der Waals surface area contributed by atoms with E-state index in [1.807, 2.05) is 30.3 Å². The maximum atomic E-state index is 10.6. The number of hydrogen-bond donors (Lipinski definition) is 2. The first-order chi connectivity index (χ1) is 9.65. The lowest BCUT2D eigenvalue weighted by Crippen LogP contribution is -2.15. The van der Waals surface area contributed by atoms with Crippen molar-refractivity contribution in [1.82, 2.24) is 4.98 Å². The zero-order valence-electron chi connectivity index (χ0n) is 10.9. The van der Waals surface area contributed by atoms with Gasteiger partial charge in [0.1, 0.15) is 12.4 Å². The van der Waals surface area contributed by atoms with Crippen molar-refractivity contribution in [1.29, 1.82) is 0 Å². The summed E-state index contributed by atoms with van der Waals surface area (Å²) < 4.78 is 5.62. The molecule has 0 fully saturated rings. The van der Waals surface area contributed by atoms with Crippen molar-refractivity contribution in [2.75, 3.05) is 0 Å². The van der Waals surface area contributed by atoms with Crippen molar-refractivity contribution in [2.45, 2.75) is 19.1 Å². The van der Waals surface area contributed by atoms with E-state index in [1.165, 1.54) is 0 Å². The van der Waals surface area contributed by atoms with Gasteiger partial charge in [0.05, 0.1) is 12.6 Å². The highest BCUT2D eigenvalue weighted by Gasteiger charge is 2.11. The van der Waals surface area contributed by atoms with Crippen LogP contribution in [0.25, 0.3) is 0 Å². The number of carboxylic acids is 1. The van der Waals surface area contributed by atoms with Crippen molar-refractivity contribution in [3.05, 3.63) is 59.9 Å². The maximum Gasteiger partial charge on any atom is 0.305 e. The van der Waals surface area contributed by atoms with Crippen LogP contribution in [0.4, 0.5) is 0 Å². The van der Waals surface area contributed by atoms with Gasteiger partial charge in [-0.3, -0.25) is 9.78 Å². The van der Waals surface area contributed by atoms with E-state index in [4.69, 9.17) is 15.6 Å². The summed E-state index contributed by atoms with van der Waals surface area (Å²) in [6.45, 7) is 0.431. The van der Waals surface area contributed by atoms with Gasteiger partial charge in [-0.05, 0) is 17.2 Å². The summed E-state index contributed by atoms with van der Waals surface area (Å²) in [5.41, 5.74) is 7.50. The highest BCUT2D eigenvalue weighted by atomic mass is 16.5. The number of hydrogen-bond acceptors (Lipinski definition) is 4. The quantitative estimate of drug-likeness (QED) is 0.841. The number of benzene rings is 1. The first kappa shape index (κ1) is 14.0. The molecule has 0 saturated carbocycles. The summed E-state index contributed by atoms with van der Waals surface area (Å²) in [6, 6.07) is 10.9. The Morgan fingerprint density at radius 2 is 2.05 bits per heavy atom. The van der Waals surface area contributed by atoms with E-state index in [1.54, 1.807) is 18.5 Å². The van der Waals surface area contributed by atoms with E-state index >= 15 is 0 Å². The van der Waals surface area contributed by atoms with E-state index in [9.17, 15) is 4.79 Å². The summed E-state index contributed by atoms with van der Waals surface area (Å²) in [4.78, 5) is 14.7. The van der Waals surface area contributed by atoms with Crippen molar-refractivity contribution in [3.8, 4) is 5.75 Å². The molecule has 0 unspecified atom stereocenters. The predicted octanol–water partition coefficient (Wildman–Crippen LogP) is 2.14. The number of aromatic nitrogens is 1. The van der Waals surface area contributed by atoms with Crippen LogP contribution in [-0.2, 0) is 11.4 Å². The zero-order chi connectivity index (χ0) is 14.4. The van der Waals surface area contributed by atoms with Gasteiger partial charge in [-0.15, -0.1) is 0 Å². The molecule has 5 heteroatoms. The molecule has 0 aliphatic rings. The number of carboxylic acid groups (broad SMARTS) is 1. The first-order valence-corrected chi connectivity index (χ1v) is 6.24. The Balaban J connectivity index is 2.01. The molecule has 1 aromatic heterocycles. The molecule has 0 saturated heterocycles. The van der Waals surface area contributed by atoms with Crippen LogP contribution < -0.4 is 10.5 Å². The van der Waals surface area contributed by atoms with Crippen LogP contribution in [0, 0.1) is 0 Å². The van der Waals surface area contributed by atoms with Crippen LogP contribution in [0.15, 0.2) is 48.8 Å². The van der Waals surface area contributed by atoms with Crippen molar-refractivity contribution >= 4 is 5.97 Å². The second-order valence-corrected chi connectivity index (χ2v) is 4.43. The summed E-state index contributed by atoms with van der Waals surface area (Å²) in [7, 11) is 0.